The van der Waals surface area contributed by atoms with Crippen LogP contribution in [0.15, 0.2) is 108 Å². The van der Waals surface area contributed by atoms with Gasteiger partial charge in [0.1, 0.15) is 17.2 Å². The molecule has 0 fully saturated rings. The van der Waals surface area contributed by atoms with E-state index in [2.05, 4.69) is 70.2 Å². The zero-order valence-corrected chi connectivity index (χ0v) is 18.1. The van der Waals surface area contributed by atoms with Gasteiger partial charge in [-0.25, -0.2) is 0 Å². The number of aromatic nitrogens is 2. The predicted octanol–water partition coefficient (Wildman–Crippen LogP) is 7.62. The van der Waals surface area contributed by atoms with E-state index in [-0.39, 0.29) is 0 Å². The fourth-order valence-corrected chi connectivity index (χ4v) is 4.95. The fraction of sp³-hybridized carbons (Fsp3) is 0. The molecule has 4 aromatic carbocycles. The minimum absolute atomic E-state index is 0.553. The van der Waals surface area contributed by atoms with Gasteiger partial charge in [0.2, 0.25) is 0 Å². The Labute approximate surface area is 194 Å². The third-order valence-corrected chi connectivity index (χ3v) is 6.47. The molecule has 7 aromatic rings. The molecule has 0 spiro atoms. The highest BCUT2D eigenvalue weighted by atomic mass is 16.3. The molecule has 3 aromatic heterocycles. The summed E-state index contributed by atoms with van der Waals surface area (Å²) in [5.74, 6) is 0. The van der Waals surface area contributed by atoms with Crippen molar-refractivity contribution in [2.45, 2.75) is 0 Å². The highest BCUT2D eigenvalue weighted by Crippen LogP contribution is 2.40. The van der Waals surface area contributed by atoms with E-state index in [1.165, 1.54) is 0 Å². The lowest BCUT2D eigenvalue weighted by Crippen LogP contribution is -1.94. The third-order valence-electron chi connectivity index (χ3n) is 6.47. The van der Waals surface area contributed by atoms with Crippen LogP contribution in [-0.2, 0) is 0 Å². The fourth-order valence-electron chi connectivity index (χ4n) is 4.95. The molecule has 7 rings (SSSR count). The summed E-state index contributed by atoms with van der Waals surface area (Å²) in [6.07, 6.45) is 1.61. The van der Waals surface area contributed by atoms with Crippen LogP contribution >= 0.6 is 0 Å². The molecule has 0 bridgehead atoms. The summed E-state index contributed by atoms with van der Waals surface area (Å²) in [4.78, 5) is 4.49. The number of benzene rings is 4. The number of furan rings is 1. The summed E-state index contributed by atoms with van der Waals surface area (Å²) < 4.78 is 8.67. The van der Waals surface area contributed by atoms with E-state index in [1.54, 1.807) is 12.3 Å². The monoisotopic (exact) mass is 435 g/mol. The molecule has 0 amide bonds. The van der Waals surface area contributed by atoms with Gasteiger partial charge in [-0.3, -0.25) is 4.98 Å². The molecular weight excluding hydrogens is 418 g/mol. The van der Waals surface area contributed by atoms with Crippen molar-refractivity contribution in [1.29, 1.82) is 5.26 Å². The van der Waals surface area contributed by atoms with E-state index in [9.17, 15) is 0 Å². The van der Waals surface area contributed by atoms with Crippen molar-refractivity contribution in [3.05, 3.63) is 109 Å². The molecule has 0 aliphatic carbocycles. The largest absolute Gasteiger partial charge is 0.455 e. The maximum atomic E-state index is 9.09. The summed E-state index contributed by atoms with van der Waals surface area (Å²) in [6.45, 7) is 0. The average molecular weight is 435 g/mol. The first-order chi connectivity index (χ1) is 16.8. The van der Waals surface area contributed by atoms with Crippen LogP contribution in [0.3, 0.4) is 0 Å². The molecule has 0 aliphatic heterocycles. The molecular formula is C30H17N3O. The number of hydrogen-bond acceptors (Lipinski definition) is 3. The van der Waals surface area contributed by atoms with Gasteiger partial charge in [0, 0.05) is 33.6 Å². The van der Waals surface area contributed by atoms with Gasteiger partial charge in [-0.1, -0.05) is 48.5 Å². The predicted molar refractivity (Wildman–Crippen MR) is 136 cm³/mol. The standard InChI is InChI=1S/C30H17N3O/c31-17-19-12-14-25(32-18-19)20-6-5-7-21(16-20)33-26-10-3-1-9-24(26)29-27(33)15-13-23-22-8-2-4-11-28(22)34-30(23)29/h1-16,18H. The molecule has 0 saturated carbocycles. The normalized spacial score (nSPS) is 11.5. The van der Waals surface area contributed by atoms with Crippen molar-refractivity contribution in [2.75, 3.05) is 0 Å². The lowest BCUT2D eigenvalue weighted by Gasteiger charge is -2.10. The van der Waals surface area contributed by atoms with E-state index in [0.29, 0.717) is 5.56 Å². The first-order valence-electron chi connectivity index (χ1n) is 11.1. The Morgan fingerprint density at radius 3 is 2.44 bits per heavy atom. The smallest absolute Gasteiger partial charge is 0.145 e. The minimum Gasteiger partial charge on any atom is -0.455 e. The second-order valence-electron chi connectivity index (χ2n) is 8.38. The molecule has 4 nitrogen and oxygen atoms in total. The number of fused-ring (bicyclic) bond motifs is 7. The van der Waals surface area contributed by atoms with Crippen LogP contribution in [-0.4, -0.2) is 9.55 Å². The van der Waals surface area contributed by atoms with E-state index < -0.39 is 0 Å². The molecule has 3 heterocycles. The Balaban J connectivity index is 1.53. The summed E-state index contributed by atoms with van der Waals surface area (Å²) >= 11 is 0. The number of para-hydroxylation sites is 2. The first kappa shape index (κ1) is 18.7. The van der Waals surface area contributed by atoms with Crippen LogP contribution in [0.4, 0.5) is 0 Å². The first-order valence-corrected chi connectivity index (χ1v) is 11.1. The van der Waals surface area contributed by atoms with E-state index >= 15 is 0 Å². The molecule has 0 saturated heterocycles. The van der Waals surface area contributed by atoms with Crippen molar-refractivity contribution in [3.8, 4) is 23.0 Å². The topological polar surface area (TPSA) is 54.8 Å². The minimum atomic E-state index is 0.553. The Morgan fingerprint density at radius 1 is 0.735 bits per heavy atom. The molecule has 4 heteroatoms. The van der Waals surface area contributed by atoms with Crippen molar-refractivity contribution >= 4 is 43.7 Å². The van der Waals surface area contributed by atoms with Crippen molar-refractivity contribution < 1.29 is 4.42 Å². The maximum absolute atomic E-state index is 9.09. The molecule has 34 heavy (non-hydrogen) atoms. The molecule has 158 valence electrons. The highest BCUT2D eigenvalue weighted by molar-refractivity contribution is 6.23. The number of nitrogens with zero attached hydrogens (tertiary/aromatic N) is 3. The molecule has 0 aliphatic rings. The van der Waals surface area contributed by atoms with Gasteiger partial charge in [-0.15, -0.1) is 0 Å². The van der Waals surface area contributed by atoms with Gasteiger partial charge in [0.15, 0.2) is 0 Å². The third kappa shape index (κ3) is 2.61. The van der Waals surface area contributed by atoms with Crippen LogP contribution in [0, 0.1) is 11.3 Å². The maximum Gasteiger partial charge on any atom is 0.145 e. The van der Waals surface area contributed by atoms with E-state index in [0.717, 1.165) is 60.7 Å². The van der Waals surface area contributed by atoms with Crippen molar-refractivity contribution in [3.63, 3.8) is 0 Å². The van der Waals surface area contributed by atoms with Crippen LogP contribution in [0.5, 0.6) is 0 Å². The van der Waals surface area contributed by atoms with E-state index in [4.69, 9.17) is 9.68 Å². The Morgan fingerprint density at radius 2 is 1.59 bits per heavy atom. The number of pyridine rings is 1. The van der Waals surface area contributed by atoms with Crippen molar-refractivity contribution in [2.24, 2.45) is 0 Å². The van der Waals surface area contributed by atoms with Gasteiger partial charge < -0.3 is 8.98 Å². The van der Waals surface area contributed by atoms with E-state index in [1.807, 2.05) is 36.4 Å². The lowest BCUT2D eigenvalue weighted by atomic mass is 10.1. The molecule has 0 atom stereocenters. The Kier molecular flexibility index (Phi) is 3.88. The summed E-state index contributed by atoms with van der Waals surface area (Å²) in [7, 11) is 0. The van der Waals surface area contributed by atoms with Gasteiger partial charge in [-0.05, 0) is 48.5 Å². The van der Waals surface area contributed by atoms with Gasteiger partial charge in [0.25, 0.3) is 0 Å². The Hall–Kier alpha value is -4.88. The SMILES string of the molecule is N#Cc1ccc(-c2cccc(-n3c4ccccc4c4c5oc6ccccc6c5ccc43)c2)nc1. The second kappa shape index (κ2) is 7.06. The van der Waals surface area contributed by atoms with Crippen LogP contribution < -0.4 is 0 Å². The summed E-state index contributed by atoms with van der Waals surface area (Å²) in [6, 6.07) is 35.2. The van der Waals surface area contributed by atoms with Crippen molar-refractivity contribution in [1.82, 2.24) is 9.55 Å². The summed E-state index contributed by atoms with van der Waals surface area (Å²) in [5, 5.41) is 13.6. The number of hydrogen-bond donors (Lipinski definition) is 0. The highest BCUT2D eigenvalue weighted by Gasteiger charge is 2.18. The summed E-state index contributed by atoms with van der Waals surface area (Å²) in [5.41, 5.74) is 7.46. The number of rotatable bonds is 2. The second-order valence-corrected chi connectivity index (χ2v) is 8.38. The van der Waals surface area contributed by atoms with Crippen LogP contribution in [0.25, 0.3) is 60.7 Å². The zero-order valence-electron chi connectivity index (χ0n) is 18.1. The van der Waals surface area contributed by atoms with Gasteiger partial charge in [-0.2, -0.15) is 5.26 Å². The molecule has 0 N–H and O–H groups in total. The van der Waals surface area contributed by atoms with Crippen LogP contribution in [0.1, 0.15) is 5.56 Å². The zero-order chi connectivity index (χ0) is 22.6. The number of nitriles is 1. The quantitative estimate of drug-likeness (QED) is 0.281. The lowest BCUT2D eigenvalue weighted by molar-refractivity contribution is 0.673. The molecule has 0 unspecified atom stereocenters. The Bertz CT molecular complexity index is 1920. The van der Waals surface area contributed by atoms with Gasteiger partial charge >= 0.3 is 0 Å². The van der Waals surface area contributed by atoms with Crippen LogP contribution in [0.2, 0.25) is 0 Å². The van der Waals surface area contributed by atoms with Gasteiger partial charge in [0.05, 0.1) is 27.7 Å². The average Bonchev–Trinajstić information content (AvgIpc) is 3.44. The molecule has 0 radical (unpaired) electrons.